The molecule has 0 unspecified atom stereocenters. The van der Waals surface area contributed by atoms with Crippen molar-refractivity contribution in [3.05, 3.63) is 48.3 Å². The van der Waals surface area contributed by atoms with Crippen molar-refractivity contribution in [2.24, 2.45) is 5.92 Å². The molecule has 9 nitrogen and oxygen atoms in total. The van der Waals surface area contributed by atoms with Crippen molar-refractivity contribution in [2.45, 2.75) is 44.2 Å². The zero-order chi connectivity index (χ0) is 21.8. The quantitative estimate of drug-likeness (QED) is 0.599. The van der Waals surface area contributed by atoms with E-state index in [-0.39, 0.29) is 16.7 Å². The van der Waals surface area contributed by atoms with Gasteiger partial charge in [-0.1, -0.05) is 18.2 Å². The van der Waals surface area contributed by atoms with Gasteiger partial charge in [0.05, 0.1) is 10.4 Å². The molecular weight excluding hydrogens is 416 g/mol. The number of nitrogens with zero attached hydrogens (tertiary/aromatic N) is 5. The molecule has 0 aliphatic carbocycles. The maximum Gasteiger partial charge on any atom is 0.243 e. The van der Waals surface area contributed by atoms with Crippen LogP contribution in [0.1, 0.15) is 31.7 Å². The summed E-state index contributed by atoms with van der Waals surface area (Å²) in [6.45, 7) is 3.83. The Hall–Kier alpha value is -2.85. The minimum atomic E-state index is -3.64. The van der Waals surface area contributed by atoms with Crippen molar-refractivity contribution in [3.63, 3.8) is 0 Å². The van der Waals surface area contributed by atoms with Crippen LogP contribution in [0.3, 0.4) is 0 Å². The van der Waals surface area contributed by atoms with Gasteiger partial charge < -0.3 is 5.32 Å². The fourth-order valence-electron chi connectivity index (χ4n) is 3.83. The predicted octanol–water partition coefficient (Wildman–Crippen LogP) is 1.95. The van der Waals surface area contributed by atoms with Gasteiger partial charge in [0.25, 0.3) is 0 Å². The summed E-state index contributed by atoms with van der Waals surface area (Å²) in [6, 6.07) is 8.68. The van der Waals surface area contributed by atoms with Crippen molar-refractivity contribution < 1.29 is 13.2 Å². The van der Waals surface area contributed by atoms with Gasteiger partial charge >= 0.3 is 0 Å². The van der Waals surface area contributed by atoms with Crippen molar-refractivity contribution in [3.8, 4) is 0 Å². The van der Waals surface area contributed by atoms with Crippen LogP contribution in [0, 0.1) is 5.92 Å². The van der Waals surface area contributed by atoms with Gasteiger partial charge in [-0.2, -0.15) is 4.31 Å². The number of carbonyl (C=O) groups excluding carboxylic acids is 1. The molecule has 4 rings (SSSR count). The zero-order valence-corrected chi connectivity index (χ0v) is 18.3. The molecule has 2 aromatic heterocycles. The SMILES string of the molecule is CCCn1nnc2cc(S(=O)(=O)N3CCC(C(=O)NCc4cccnc4)CC3)ccc21. The molecule has 1 saturated heterocycles. The largest absolute Gasteiger partial charge is 0.352 e. The minimum absolute atomic E-state index is 0.0464. The number of aryl methyl sites for hydroxylation is 1. The number of piperidine rings is 1. The number of fused-ring (bicyclic) bond motifs is 1. The van der Waals surface area contributed by atoms with Crippen LogP contribution < -0.4 is 5.32 Å². The first-order chi connectivity index (χ1) is 15.0. The standard InChI is InChI=1S/C21H26N6O3S/c1-2-10-27-20-6-5-18(13-19(20)24-25-27)31(29,30)26-11-7-17(8-12-26)21(28)23-15-16-4-3-9-22-14-16/h3-6,9,13-14,17H,2,7-8,10-12,15H2,1H3,(H,23,28). The number of hydrogen-bond donors (Lipinski definition) is 1. The molecule has 31 heavy (non-hydrogen) atoms. The number of benzene rings is 1. The van der Waals surface area contributed by atoms with E-state index in [0.717, 1.165) is 24.0 Å². The Balaban J connectivity index is 1.38. The third-order valence-corrected chi connectivity index (χ3v) is 7.47. The number of amides is 1. The summed E-state index contributed by atoms with van der Waals surface area (Å²) in [6.07, 6.45) is 5.31. The molecule has 0 radical (unpaired) electrons. The summed E-state index contributed by atoms with van der Waals surface area (Å²) in [7, 11) is -3.64. The monoisotopic (exact) mass is 442 g/mol. The highest BCUT2D eigenvalue weighted by Gasteiger charge is 2.32. The van der Waals surface area contributed by atoms with Gasteiger partial charge in [0.2, 0.25) is 15.9 Å². The van der Waals surface area contributed by atoms with Gasteiger partial charge in [-0.15, -0.1) is 5.10 Å². The van der Waals surface area contributed by atoms with E-state index < -0.39 is 10.0 Å². The molecule has 1 N–H and O–H groups in total. The van der Waals surface area contributed by atoms with Gasteiger partial charge in [-0.3, -0.25) is 9.78 Å². The van der Waals surface area contributed by atoms with E-state index in [1.807, 2.05) is 12.1 Å². The van der Waals surface area contributed by atoms with E-state index in [1.54, 1.807) is 35.3 Å². The number of sulfonamides is 1. The van der Waals surface area contributed by atoms with Crippen LogP contribution in [-0.2, 0) is 27.9 Å². The van der Waals surface area contributed by atoms with Crippen molar-refractivity contribution in [2.75, 3.05) is 13.1 Å². The first kappa shape index (κ1) is 21.4. The third-order valence-electron chi connectivity index (χ3n) is 5.57. The first-order valence-corrected chi connectivity index (χ1v) is 11.9. The lowest BCUT2D eigenvalue weighted by Crippen LogP contribution is -2.42. The second kappa shape index (κ2) is 9.11. The Morgan fingerprint density at radius 2 is 2.03 bits per heavy atom. The number of rotatable bonds is 7. The Morgan fingerprint density at radius 1 is 1.23 bits per heavy atom. The summed E-state index contributed by atoms with van der Waals surface area (Å²) in [5.74, 6) is -0.241. The maximum atomic E-state index is 13.1. The van der Waals surface area contributed by atoms with Gasteiger partial charge in [0.1, 0.15) is 5.52 Å². The first-order valence-electron chi connectivity index (χ1n) is 10.5. The zero-order valence-electron chi connectivity index (χ0n) is 17.4. The lowest BCUT2D eigenvalue weighted by molar-refractivity contribution is -0.126. The number of pyridine rings is 1. The molecule has 3 aromatic rings. The minimum Gasteiger partial charge on any atom is -0.352 e. The van der Waals surface area contributed by atoms with Gasteiger partial charge in [-0.25, -0.2) is 13.1 Å². The van der Waals surface area contributed by atoms with E-state index >= 15 is 0 Å². The van der Waals surface area contributed by atoms with Crippen molar-refractivity contribution in [1.82, 2.24) is 29.6 Å². The normalized spacial score (nSPS) is 15.9. The fraction of sp³-hybridized carbons (Fsp3) is 0.429. The molecule has 1 aliphatic heterocycles. The highest BCUT2D eigenvalue weighted by Crippen LogP contribution is 2.26. The molecule has 1 aromatic carbocycles. The topological polar surface area (TPSA) is 110 Å². The van der Waals surface area contributed by atoms with E-state index in [4.69, 9.17) is 0 Å². The number of aromatic nitrogens is 4. The summed E-state index contributed by atoms with van der Waals surface area (Å²) < 4.78 is 29.5. The van der Waals surface area contributed by atoms with Crippen LogP contribution in [0.2, 0.25) is 0 Å². The maximum absolute atomic E-state index is 13.1. The van der Waals surface area contributed by atoms with E-state index in [1.165, 1.54) is 4.31 Å². The highest BCUT2D eigenvalue weighted by molar-refractivity contribution is 7.89. The average molecular weight is 443 g/mol. The van der Waals surface area contributed by atoms with Crippen molar-refractivity contribution in [1.29, 1.82) is 0 Å². The number of nitrogens with one attached hydrogen (secondary N) is 1. The Bertz CT molecular complexity index is 1150. The fourth-order valence-corrected chi connectivity index (χ4v) is 5.32. The number of carbonyl (C=O) groups is 1. The molecule has 164 valence electrons. The summed E-state index contributed by atoms with van der Waals surface area (Å²) >= 11 is 0. The molecule has 0 saturated carbocycles. The molecule has 0 bridgehead atoms. The Labute approximate surface area is 181 Å². The average Bonchev–Trinajstić information content (AvgIpc) is 3.20. The lowest BCUT2D eigenvalue weighted by atomic mass is 9.97. The van der Waals surface area contributed by atoms with Crippen LogP contribution in [0.25, 0.3) is 11.0 Å². The second-order valence-electron chi connectivity index (χ2n) is 7.72. The summed E-state index contributed by atoms with van der Waals surface area (Å²) in [5, 5.41) is 11.1. The van der Waals surface area contributed by atoms with E-state index in [9.17, 15) is 13.2 Å². The van der Waals surface area contributed by atoms with Crippen LogP contribution in [0.5, 0.6) is 0 Å². The van der Waals surface area contributed by atoms with Crippen LogP contribution in [0.15, 0.2) is 47.6 Å². The molecular formula is C21H26N6O3S. The van der Waals surface area contributed by atoms with Crippen LogP contribution in [-0.4, -0.2) is 51.7 Å². The van der Waals surface area contributed by atoms with Gasteiger partial charge in [0.15, 0.2) is 0 Å². The van der Waals surface area contributed by atoms with E-state index in [0.29, 0.717) is 38.0 Å². The summed E-state index contributed by atoms with van der Waals surface area (Å²) in [5.41, 5.74) is 2.33. The predicted molar refractivity (Wildman–Crippen MR) is 115 cm³/mol. The van der Waals surface area contributed by atoms with Crippen LogP contribution in [0.4, 0.5) is 0 Å². The van der Waals surface area contributed by atoms with Crippen LogP contribution >= 0.6 is 0 Å². The molecule has 3 heterocycles. The molecule has 1 fully saturated rings. The Kier molecular flexibility index (Phi) is 6.28. The molecule has 10 heteroatoms. The van der Waals surface area contributed by atoms with E-state index in [2.05, 4.69) is 27.5 Å². The van der Waals surface area contributed by atoms with Gasteiger partial charge in [0, 0.05) is 44.5 Å². The smallest absolute Gasteiger partial charge is 0.243 e. The number of hydrogen-bond acceptors (Lipinski definition) is 6. The third kappa shape index (κ3) is 4.59. The van der Waals surface area contributed by atoms with Crippen molar-refractivity contribution >= 4 is 27.0 Å². The molecule has 1 aliphatic rings. The highest BCUT2D eigenvalue weighted by atomic mass is 32.2. The molecule has 0 spiro atoms. The Morgan fingerprint density at radius 3 is 2.74 bits per heavy atom. The second-order valence-corrected chi connectivity index (χ2v) is 9.66. The summed E-state index contributed by atoms with van der Waals surface area (Å²) in [4.78, 5) is 16.7. The lowest BCUT2D eigenvalue weighted by Gasteiger charge is -2.30. The molecule has 0 atom stereocenters. The van der Waals surface area contributed by atoms with Gasteiger partial charge in [-0.05, 0) is 49.1 Å². The molecule has 1 amide bonds.